The summed E-state index contributed by atoms with van der Waals surface area (Å²) >= 11 is 0. The zero-order valence-electron chi connectivity index (χ0n) is 37.5. The Morgan fingerprint density at radius 3 is 2.56 bits per heavy atom. The molecule has 332 valence electrons. The number of unbranched alkanes of at least 4 members (excludes halogenated alkanes) is 2. The molecule has 0 aromatic heterocycles. The molecule has 0 amide bonds. The van der Waals surface area contributed by atoms with Gasteiger partial charge >= 0.3 is 11.9 Å². The molecule has 3 fully saturated rings. The molecule has 4 N–H and O–H groups in total. The van der Waals surface area contributed by atoms with Crippen molar-refractivity contribution >= 4 is 17.5 Å². The number of aliphatic hydroxyl groups is 1. The first-order valence-electron chi connectivity index (χ1n) is 24.1. The Balaban J connectivity index is 1.14. The normalized spacial score (nSPS) is 28.5. The van der Waals surface area contributed by atoms with Gasteiger partial charge in [-0.15, -0.1) is 0 Å². The van der Waals surface area contributed by atoms with Gasteiger partial charge in [-0.25, -0.2) is 9.59 Å². The number of esters is 2. The summed E-state index contributed by atoms with van der Waals surface area (Å²) in [5, 5.41) is 28.9. The van der Waals surface area contributed by atoms with E-state index in [1.54, 1.807) is 6.07 Å². The van der Waals surface area contributed by atoms with Gasteiger partial charge in [-0.2, -0.15) is 0 Å². The Kier molecular flexibility index (Phi) is 12.9. The molecular formula is C55H66N2O6. The lowest BCUT2D eigenvalue weighted by Gasteiger charge is -2.56. The SMILES string of the molecule is CCCCCC1CC(C(CO)CC=C2OC(=O)C3=C2CCC2C4CCC5(C(=CC(CC)Cc6ccccc6)OC(=O)C5=C4c4cc(O)ccc4-c4cccc(CNC)c4)C32)CCN1. The Hall–Kier alpha value is -4.76. The predicted octanol–water partition coefficient (Wildman–Crippen LogP) is 10.4. The molecule has 7 aliphatic rings. The largest absolute Gasteiger partial charge is 0.508 e. The van der Waals surface area contributed by atoms with Crippen LogP contribution in [0.5, 0.6) is 5.75 Å². The Morgan fingerprint density at radius 2 is 1.76 bits per heavy atom. The number of hydrogen-bond acceptors (Lipinski definition) is 8. The molecule has 0 radical (unpaired) electrons. The second-order valence-electron chi connectivity index (χ2n) is 19.3. The van der Waals surface area contributed by atoms with Crippen molar-refractivity contribution in [3.05, 3.63) is 130 Å². The third-order valence-corrected chi connectivity index (χ3v) is 15.7. The highest BCUT2D eigenvalue weighted by Crippen LogP contribution is 2.72. The molecule has 63 heavy (non-hydrogen) atoms. The summed E-state index contributed by atoms with van der Waals surface area (Å²) in [6.45, 7) is 6.22. The van der Waals surface area contributed by atoms with E-state index >= 15 is 0 Å². The molecule has 8 nitrogen and oxygen atoms in total. The van der Waals surface area contributed by atoms with E-state index in [0.29, 0.717) is 53.9 Å². The zero-order chi connectivity index (χ0) is 43.7. The fraction of sp³-hybridized carbons (Fsp3) is 0.491. The highest BCUT2D eigenvalue weighted by atomic mass is 16.5. The highest BCUT2D eigenvalue weighted by molar-refractivity contribution is 6.07. The number of carbonyl (C=O) groups is 2. The maximum absolute atomic E-state index is 14.9. The van der Waals surface area contributed by atoms with Crippen LogP contribution in [0.1, 0.15) is 108 Å². The maximum Gasteiger partial charge on any atom is 0.340 e. The topological polar surface area (TPSA) is 117 Å². The number of cyclic esters (lactones) is 2. The van der Waals surface area contributed by atoms with Crippen LogP contribution in [-0.2, 0) is 32.0 Å². The summed E-state index contributed by atoms with van der Waals surface area (Å²) in [5.74, 6) is 1.18. The minimum Gasteiger partial charge on any atom is -0.508 e. The number of allylic oxidation sites excluding steroid dienone is 5. The van der Waals surface area contributed by atoms with Crippen molar-refractivity contribution in [1.29, 1.82) is 0 Å². The average Bonchev–Trinajstić information content (AvgIpc) is 3.79. The lowest BCUT2D eigenvalue weighted by Crippen LogP contribution is -2.52. The van der Waals surface area contributed by atoms with Gasteiger partial charge < -0.3 is 30.3 Å². The summed E-state index contributed by atoms with van der Waals surface area (Å²) in [6.07, 6.45) is 16.7. The molecule has 3 heterocycles. The van der Waals surface area contributed by atoms with E-state index in [4.69, 9.17) is 9.47 Å². The molecule has 2 bridgehead atoms. The molecule has 3 aromatic rings. The molecule has 8 unspecified atom stereocenters. The third-order valence-electron chi connectivity index (χ3n) is 15.7. The fourth-order valence-corrected chi connectivity index (χ4v) is 12.7. The smallest absolute Gasteiger partial charge is 0.340 e. The molecule has 3 aromatic carbocycles. The minimum absolute atomic E-state index is 0.0232. The molecule has 8 atom stereocenters. The molecule has 1 saturated carbocycles. The van der Waals surface area contributed by atoms with Crippen molar-refractivity contribution in [1.82, 2.24) is 10.6 Å². The molecule has 10 rings (SSSR count). The van der Waals surface area contributed by atoms with Gasteiger partial charge in [0.25, 0.3) is 0 Å². The number of phenolic OH excluding ortho intramolecular Hbond substituents is 1. The van der Waals surface area contributed by atoms with Gasteiger partial charge in [0.15, 0.2) is 0 Å². The number of fused-ring (bicyclic) bond motifs is 1. The Morgan fingerprint density at radius 1 is 0.921 bits per heavy atom. The van der Waals surface area contributed by atoms with E-state index in [0.717, 1.165) is 85.0 Å². The third kappa shape index (κ3) is 8.17. The summed E-state index contributed by atoms with van der Waals surface area (Å²) in [7, 11) is 1.94. The zero-order valence-corrected chi connectivity index (χ0v) is 37.5. The molecule has 1 spiro atoms. The second kappa shape index (κ2) is 18.8. The van der Waals surface area contributed by atoms with Crippen LogP contribution in [0.2, 0.25) is 0 Å². The van der Waals surface area contributed by atoms with Crippen LogP contribution in [0.25, 0.3) is 16.7 Å². The molecule has 4 aliphatic carbocycles. The van der Waals surface area contributed by atoms with Gasteiger partial charge in [0.05, 0.1) is 11.0 Å². The first kappa shape index (κ1) is 43.5. The first-order chi connectivity index (χ1) is 30.8. The number of aliphatic hydroxyl groups excluding tert-OH is 1. The highest BCUT2D eigenvalue weighted by Gasteiger charge is 2.68. The standard InChI is InChI=1S/C55H66N2O6/c1-4-6-8-16-40-30-37(24-26-57-40)39(33-58)17-22-47-45-21-20-44-43-23-25-55(51(44)50(45)53(60)62-47)48(29-34(5-2)27-35-12-9-7-10-13-35)63-54(61)52(55)49(43)46-31-41(59)18-19-42(46)38-15-11-14-36(28-38)32-56-3/h7,9-15,18-19,22,28-29,31,34,37,39-40,43-44,51,56-59H,4-6,8,16-17,20-21,23-27,30,32-33H2,1-3H3. The molecule has 3 aliphatic heterocycles. The predicted molar refractivity (Wildman–Crippen MR) is 248 cm³/mol. The van der Waals surface area contributed by atoms with Gasteiger partial charge in [0, 0.05) is 36.3 Å². The number of piperidine rings is 1. The van der Waals surface area contributed by atoms with Gasteiger partial charge in [-0.3, -0.25) is 0 Å². The van der Waals surface area contributed by atoms with Crippen molar-refractivity contribution < 1.29 is 29.3 Å². The van der Waals surface area contributed by atoms with Gasteiger partial charge in [0.2, 0.25) is 0 Å². The first-order valence-corrected chi connectivity index (χ1v) is 24.1. The number of nitrogens with one attached hydrogen (secondary N) is 2. The van der Waals surface area contributed by atoms with E-state index in [1.165, 1.54) is 31.2 Å². The van der Waals surface area contributed by atoms with Crippen LogP contribution in [0, 0.1) is 40.9 Å². The van der Waals surface area contributed by atoms with Crippen LogP contribution in [-0.4, -0.2) is 48.4 Å². The number of benzene rings is 3. The van der Waals surface area contributed by atoms with Crippen molar-refractivity contribution in [2.24, 2.45) is 40.9 Å². The van der Waals surface area contributed by atoms with Crippen LogP contribution < -0.4 is 10.6 Å². The summed E-state index contributed by atoms with van der Waals surface area (Å²) < 4.78 is 12.9. The van der Waals surface area contributed by atoms with E-state index < -0.39 is 5.41 Å². The number of carbonyl (C=O) groups excluding carboxylic acids is 2. The van der Waals surface area contributed by atoms with Crippen LogP contribution in [0.3, 0.4) is 0 Å². The van der Waals surface area contributed by atoms with Crippen LogP contribution in [0.4, 0.5) is 0 Å². The number of ether oxygens (including phenoxy) is 2. The van der Waals surface area contributed by atoms with Crippen molar-refractivity contribution in [3.63, 3.8) is 0 Å². The van der Waals surface area contributed by atoms with Gasteiger partial charge in [0.1, 0.15) is 17.3 Å². The van der Waals surface area contributed by atoms with Gasteiger partial charge in [-0.05, 0) is 171 Å². The van der Waals surface area contributed by atoms with Crippen molar-refractivity contribution in [2.45, 2.75) is 110 Å². The van der Waals surface area contributed by atoms with Crippen molar-refractivity contribution in [3.8, 4) is 16.9 Å². The monoisotopic (exact) mass is 850 g/mol. The Labute approximate surface area is 373 Å². The Bertz CT molecular complexity index is 2320. The van der Waals surface area contributed by atoms with E-state index in [-0.39, 0.29) is 53.9 Å². The number of aromatic hydroxyl groups is 1. The van der Waals surface area contributed by atoms with E-state index in [1.807, 2.05) is 25.2 Å². The summed E-state index contributed by atoms with van der Waals surface area (Å²) in [4.78, 5) is 29.5. The quantitative estimate of drug-likeness (QED) is 0.0832. The van der Waals surface area contributed by atoms with Crippen molar-refractivity contribution in [2.75, 3.05) is 20.2 Å². The molecule has 8 heteroatoms. The summed E-state index contributed by atoms with van der Waals surface area (Å²) in [6, 6.07) is 25.0. The number of phenols is 1. The summed E-state index contributed by atoms with van der Waals surface area (Å²) in [5.41, 5.74) is 7.66. The van der Waals surface area contributed by atoms with Gasteiger partial charge in [-0.1, -0.05) is 87.7 Å². The fourth-order valence-electron chi connectivity index (χ4n) is 12.7. The van der Waals surface area contributed by atoms with E-state index in [2.05, 4.69) is 85.2 Å². The van der Waals surface area contributed by atoms with Crippen LogP contribution >= 0.6 is 0 Å². The average molecular weight is 851 g/mol. The number of rotatable bonds is 16. The number of hydrogen-bond donors (Lipinski definition) is 4. The maximum atomic E-state index is 14.9. The molecule has 2 saturated heterocycles. The van der Waals surface area contributed by atoms with E-state index in [9.17, 15) is 19.8 Å². The lowest BCUT2D eigenvalue weighted by atomic mass is 9.44. The second-order valence-corrected chi connectivity index (χ2v) is 19.3. The van der Waals surface area contributed by atoms with Crippen LogP contribution in [0.15, 0.2) is 113 Å². The molecular weight excluding hydrogens is 785 g/mol. The minimum atomic E-state index is -0.863. The lowest BCUT2D eigenvalue weighted by molar-refractivity contribution is -0.135.